The molecule has 0 saturated carbocycles. The molecule has 1 unspecified atom stereocenters. The van der Waals surface area contributed by atoms with E-state index in [0.29, 0.717) is 4.75 Å². The number of likely N-dealkylation sites (tertiary alicyclic amines) is 1. The second-order valence-electron chi connectivity index (χ2n) is 7.47. The zero-order valence-corrected chi connectivity index (χ0v) is 15.2. The monoisotopic (exact) mass is 313 g/mol. The van der Waals surface area contributed by atoms with Crippen LogP contribution >= 0.6 is 11.8 Å². The first-order valence-electron chi connectivity index (χ1n) is 8.83. The van der Waals surface area contributed by atoms with Crippen molar-refractivity contribution in [2.75, 3.05) is 45.0 Å². The summed E-state index contributed by atoms with van der Waals surface area (Å²) in [6.07, 6.45) is 6.41. The maximum Gasteiger partial charge on any atom is 0.0344 e. The Morgan fingerprint density at radius 1 is 1.05 bits per heavy atom. The van der Waals surface area contributed by atoms with Gasteiger partial charge in [0.25, 0.3) is 0 Å². The van der Waals surface area contributed by atoms with Gasteiger partial charge >= 0.3 is 0 Å². The first kappa shape index (κ1) is 17.6. The maximum absolute atomic E-state index is 6.31. The fraction of sp³-hybridized carbons (Fsp3) is 1.00. The molecule has 0 amide bonds. The molecule has 0 radical (unpaired) electrons. The van der Waals surface area contributed by atoms with Gasteiger partial charge in [-0.15, -0.1) is 0 Å². The number of nitrogens with two attached hydrogens (primary N) is 1. The Morgan fingerprint density at radius 3 is 2.57 bits per heavy atom. The molecule has 3 nitrogen and oxygen atoms in total. The molecule has 2 heterocycles. The Labute approximate surface area is 136 Å². The highest BCUT2D eigenvalue weighted by atomic mass is 32.2. The summed E-state index contributed by atoms with van der Waals surface area (Å²) in [7, 11) is 0. The lowest BCUT2D eigenvalue weighted by molar-refractivity contribution is 0.0832. The molecule has 21 heavy (non-hydrogen) atoms. The minimum Gasteiger partial charge on any atom is -0.329 e. The van der Waals surface area contributed by atoms with Crippen LogP contribution in [0, 0.1) is 0 Å². The second kappa shape index (κ2) is 7.67. The van der Waals surface area contributed by atoms with E-state index in [0.717, 1.165) is 6.54 Å². The van der Waals surface area contributed by atoms with Crippen molar-refractivity contribution < 1.29 is 0 Å². The lowest BCUT2D eigenvalue weighted by atomic mass is 9.87. The maximum atomic E-state index is 6.31. The molecule has 2 fully saturated rings. The number of nitrogens with zero attached hydrogens (tertiary/aromatic N) is 2. The summed E-state index contributed by atoms with van der Waals surface area (Å²) in [6, 6.07) is 0. The molecule has 0 aromatic carbocycles. The van der Waals surface area contributed by atoms with Gasteiger partial charge in [0.15, 0.2) is 0 Å². The topological polar surface area (TPSA) is 32.5 Å². The van der Waals surface area contributed by atoms with Crippen LogP contribution in [0.2, 0.25) is 0 Å². The molecule has 2 N–H and O–H groups in total. The molecule has 0 bridgehead atoms. The lowest BCUT2D eigenvalue weighted by Gasteiger charge is -2.43. The van der Waals surface area contributed by atoms with Crippen molar-refractivity contribution in [2.24, 2.45) is 5.73 Å². The summed E-state index contributed by atoms with van der Waals surface area (Å²) < 4.78 is 0.434. The Morgan fingerprint density at radius 2 is 1.86 bits per heavy atom. The number of rotatable bonds is 4. The number of thioether (sulfide) groups is 1. The summed E-state index contributed by atoms with van der Waals surface area (Å²) in [5.41, 5.74) is 6.58. The summed E-state index contributed by atoms with van der Waals surface area (Å²) in [5, 5.41) is 0. The Bertz CT molecular complexity index is 321. The largest absolute Gasteiger partial charge is 0.329 e. The van der Waals surface area contributed by atoms with Crippen LogP contribution in [0.5, 0.6) is 0 Å². The molecular weight excluding hydrogens is 278 g/mol. The molecule has 0 aromatic rings. The van der Waals surface area contributed by atoms with Gasteiger partial charge in [-0.25, -0.2) is 0 Å². The van der Waals surface area contributed by atoms with Crippen molar-refractivity contribution in [3.63, 3.8) is 0 Å². The second-order valence-corrected chi connectivity index (χ2v) is 9.27. The van der Waals surface area contributed by atoms with Crippen molar-refractivity contribution in [1.82, 2.24) is 9.80 Å². The molecule has 4 heteroatoms. The normalized spacial score (nSPS) is 32.6. The Kier molecular flexibility index (Phi) is 6.42. The van der Waals surface area contributed by atoms with Crippen molar-refractivity contribution in [3.05, 3.63) is 0 Å². The molecule has 2 aliphatic heterocycles. The van der Waals surface area contributed by atoms with Gasteiger partial charge in [0.2, 0.25) is 0 Å². The first-order chi connectivity index (χ1) is 10.0. The molecular formula is C17H35N3S. The summed E-state index contributed by atoms with van der Waals surface area (Å²) in [6.45, 7) is 14.1. The third-order valence-electron chi connectivity index (χ3n) is 5.44. The molecule has 124 valence electrons. The SMILES string of the molecule is CCCN1CCCC(CN)(N2CCSC(C)(C)CC2)CC1. The van der Waals surface area contributed by atoms with E-state index in [2.05, 4.69) is 42.3 Å². The molecule has 2 rings (SSSR count). The third-order valence-corrected chi connectivity index (χ3v) is 6.81. The van der Waals surface area contributed by atoms with Gasteiger partial charge in [0.05, 0.1) is 0 Å². The predicted molar refractivity (Wildman–Crippen MR) is 95.1 cm³/mol. The lowest BCUT2D eigenvalue weighted by Crippen LogP contribution is -2.55. The average Bonchev–Trinajstić information content (AvgIpc) is 2.76. The highest BCUT2D eigenvalue weighted by Gasteiger charge is 2.38. The highest BCUT2D eigenvalue weighted by molar-refractivity contribution is 8.00. The van der Waals surface area contributed by atoms with Crippen molar-refractivity contribution in [2.45, 2.75) is 63.2 Å². The van der Waals surface area contributed by atoms with Crippen LogP contribution in [0.4, 0.5) is 0 Å². The first-order valence-corrected chi connectivity index (χ1v) is 9.81. The number of hydrogen-bond acceptors (Lipinski definition) is 4. The summed E-state index contributed by atoms with van der Waals surface area (Å²) in [4.78, 5) is 5.40. The summed E-state index contributed by atoms with van der Waals surface area (Å²) in [5.74, 6) is 1.26. The van der Waals surface area contributed by atoms with Crippen LogP contribution in [0.3, 0.4) is 0 Å². The molecule has 0 spiro atoms. The number of hydrogen-bond donors (Lipinski definition) is 1. The van der Waals surface area contributed by atoms with Gasteiger partial charge in [0, 0.05) is 35.7 Å². The van der Waals surface area contributed by atoms with Crippen LogP contribution in [0.1, 0.15) is 52.9 Å². The Hall–Kier alpha value is 0.230. The molecule has 0 aromatic heterocycles. The average molecular weight is 314 g/mol. The highest BCUT2D eigenvalue weighted by Crippen LogP contribution is 2.35. The van der Waals surface area contributed by atoms with Gasteiger partial charge in [-0.1, -0.05) is 20.8 Å². The minimum atomic E-state index is 0.267. The van der Waals surface area contributed by atoms with E-state index in [1.807, 2.05) is 0 Å². The Balaban J connectivity index is 2.03. The fourth-order valence-corrected chi connectivity index (χ4v) is 5.02. The van der Waals surface area contributed by atoms with Gasteiger partial charge in [-0.3, -0.25) is 4.90 Å². The van der Waals surface area contributed by atoms with E-state index in [1.165, 1.54) is 70.6 Å². The van der Waals surface area contributed by atoms with E-state index >= 15 is 0 Å². The van der Waals surface area contributed by atoms with E-state index in [9.17, 15) is 0 Å². The van der Waals surface area contributed by atoms with Crippen LogP contribution in [-0.4, -0.2) is 65.1 Å². The quantitative estimate of drug-likeness (QED) is 0.865. The van der Waals surface area contributed by atoms with E-state index < -0.39 is 0 Å². The van der Waals surface area contributed by atoms with Crippen molar-refractivity contribution in [3.8, 4) is 0 Å². The van der Waals surface area contributed by atoms with Gasteiger partial charge in [-0.05, 0) is 51.7 Å². The fourth-order valence-electron chi connectivity index (χ4n) is 3.92. The van der Waals surface area contributed by atoms with Gasteiger partial charge in [0.1, 0.15) is 0 Å². The van der Waals surface area contributed by atoms with Crippen molar-refractivity contribution >= 4 is 11.8 Å². The van der Waals surface area contributed by atoms with Crippen LogP contribution in [0.15, 0.2) is 0 Å². The molecule has 2 aliphatic rings. The molecule has 0 aliphatic carbocycles. The standard InChI is InChI=1S/C17H35N3S/c1-4-9-19-10-5-6-17(15-18,8-11-19)20-12-7-16(2,3)21-14-13-20/h4-15,18H2,1-3H3. The molecule has 2 saturated heterocycles. The molecule has 1 atom stereocenters. The van der Waals surface area contributed by atoms with Gasteiger partial charge < -0.3 is 10.6 Å². The summed E-state index contributed by atoms with van der Waals surface area (Å²) >= 11 is 2.14. The third kappa shape index (κ3) is 4.60. The van der Waals surface area contributed by atoms with Crippen LogP contribution in [0.25, 0.3) is 0 Å². The van der Waals surface area contributed by atoms with Crippen LogP contribution < -0.4 is 5.73 Å². The minimum absolute atomic E-state index is 0.267. The van der Waals surface area contributed by atoms with Crippen molar-refractivity contribution in [1.29, 1.82) is 0 Å². The smallest absolute Gasteiger partial charge is 0.0344 e. The zero-order valence-electron chi connectivity index (χ0n) is 14.4. The van der Waals surface area contributed by atoms with E-state index in [4.69, 9.17) is 5.73 Å². The van der Waals surface area contributed by atoms with Gasteiger partial charge in [-0.2, -0.15) is 11.8 Å². The van der Waals surface area contributed by atoms with Crippen LogP contribution in [-0.2, 0) is 0 Å². The zero-order chi connectivity index (χ0) is 15.3. The van der Waals surface area contributed by atoms with E-state index in [-0.39, 0.29) is 5.54 Å². The van der Waals surface area contributed by atoms with E-state index in [1.54, 1.807) is 0 Å². The predicted octanol–water partition coefficient (Wildman–Crippen LogP) is 2.80.